The number of nitrogens with one attached hydrogen (secondary N) is 1. The number of aromatic nitrogens is 2. The molecule has 0 atom stereocenters. The van der Waals surface area contributed by atoms with E-state index in [2.05, 4.69) is 10.4 Å². The van der Waals surface area contributed by atoms with Gasteiger partial charge in [-0.2, -0.15) is 5.10 Å². The molecule has 0 saturated carbocycles. The average Bonchev–Trinajstić information content (AvgIpc) is 2.96. The highest BCUT2D eigenvalue weighted by atomic mass is 35.5. The van der Waals surface area contributed by atoms with Gasteiger partial charge in [0.25, 0.3) is 0 Å². The molecule has 3 rings (SSSR count). The molecule has 0 bridgehead atoms. The van der Waals surface area contributed by atoms with Gasteiger partial charge < -0.3 is 14.8 Å². The lowest BCUT2D eigenvalue weighted by atomic mass is 10.1. The van der Waals surface area contributed by atoms with Crippen molar-refractivity contribution in [2.24, 2.45) is 0 Å². The maximum Gasteiger partial charge on any atom is 0.228 e. The fraction of sp³-hybridized carbons (Fsp3) is 0.238. The van der Waals surface area contributed by atoms with E-state index in [1.54, 1.807) is 32.4 Å². The number of ether oxygens (including phenoxy) is 2. The molecule has 0 fully saturated rings. The summed E-state index contributed by atoms with van der Waals surface area (Å²) >= 11 is 5.96. The van der Waals surface area contributed by atoms with Crippen LogP contribution in [0, 0.1) is 13.8 Å². The Morgan fingerprint density at radius 2 is 1.68 bits per heavy atom. The monoisotopic (exact) mass is 399 g/mol. The molecule has 1 amide bonds. The number of rotatable bonds is 6. The van der Waals surface area contributed by atoms with Crippen molar-refractivity contribution in [1.82, 2.24) is 9.78 Å². The third-order valence-corrected chi connectivity index (χ3v) is 4.74. The molecule has 0 unspecified atom stereocenters. The third-order valence-electron chi connectivity index (χ3n) is 4.48. The Hall–Kier alpha value is -2.99. The van der Waals surface area contributed by atoms with Gasteiger partial charge in [0.05, 0.1) is 32.0 Å². The highest BCUT2D eigenvalue weighted by molar-refractivity contribution is 6.30. The molecule has 0 spiro atoms. The summed E-state index contributed by atoms with van der Waals surface area (Å²) in [6.45, 7) is 3.85. The molecule has 6 nitrogen and oxygen atoms in total. The summed E-state index contributed by atoms with van der Waals surface area (Å²) in [7, 11) is 3.14. The number of aryl methyl sites for hydroxylation is 1. The summed E-state index contributed by atoms with van der Waals surface area (Å²) in [4.78, 5) is 12.6. The van der Waals surface area contributed by atoms with Crippen molar-refractivity contribution in [3.8, 4) is 17.2 Å². The Bertz CT molecular complexity index is 975. The number of carbonyl (C=O) groups excluding carboxylic acids is 1. The van der Waals surface area contributed by atoms with E-state index < -0.39 is 0 Å². The van der Waals surface area contributed by atoms with Crippen LogP contribution in [0.4, 0.5) is 5.69 Å². The molecule has 0 aliphatic rings. The first-order valence-corrected chi connectivity index (χ1v) is 9.13. The molecular weight excluding hydrogens is 378 g/mol. The quantitative estimate of drug-likeness (QED) is 0.669. The van der Waals surface area contributed by atoms with Crippen LogP contribution >= 0.6 is 11.6 Å². The molecule has 0 saturated heterocycles. The molecule has 1 heterocycles. The fourth-order valence-electron chi connectivity index (χ4n) is 3.01. The standard InChI is InChI=1S/C21H22ClN3O3/c1-13-20(14(2)25(24-13)17-7-5-15(22)6-8-17)12-21(26)23-16-9-18(27-3)11-19(10-16)28-4/h5-11H,12H2,1-4H3,(H,23,26). The Morgan fingerprint density at radius 3 is 2.25 bits per heavy atom. The SMILES string of the molecule is COc1cc(NC(=O)Cc2c(C)nn(-c3ccc(Cl)cc3)c2C)cc(OC)c1. The van der Waals surface area contributed by atoms with Gasteiger partial charge in [-0.3, -0.25) is 4.79 Å². The van der Waals surface area contributed by atoms with Crippen molar-refractivity contribution in [3.05, 3.63) is 64.4 Å². The molecule has 0 aliphatic heterocycles. The Labute approximate surface area is 169 Å². The van der Waals surface area contributed by atoms with Gasteiger partial charge in [-0.15, -0.1) is 0 Å². The van der Waals surface area contributed by atoms with Gasteiger partial charge in [0.1, 0.15) is 11.5 Å². The molecule has 146 valence electrons. The summed E-state index contributed by atoms with van der Waals surface area (Å²) < 4.78 is 12.3. The Morgan fingerprint density at radius 1 is 1.07 bits per heavy atom. The first-order valence-electron chi connectivity index (χ1n) is 8.75. The number of methoxy groups -OCH3 is 2. The van der Waals surface area contributed by atoms with Gasteiger partial charge in [-0.1, -0.05) is 11.6 Å². The van der Waals surface area contributed by atoms with Crippen LogP contribution in [0.1, 0.15) is 17.0 Å². The van der Waals surface area contributed by atoms with E-state index in [0.717, 1.165) is 22.6 Å². The second kappa shape index (κ2) is 8.35. The van der Waals surface area contributed by atoms with Crippen molar-refractivity contribution in [2.75, 3.05) is 19.5 Å². The number of hydrogen-bond acceptors (Lipinski definition) is 4. The fourth-order valence-corrected chi connectivity index (χ4v) is 3.14. The lowest BCUT2D eigenvalue weighted by Crippen LogP contribution is -2.15. The van der Waals surface area contributed by atoms with Crippen LogP contribution in [-0.4, -0.2) is 29.9 Å². The average molecular weight is 400 g/mol. The maximum atomic E-state index is 12.6. The minimum Gasteiger partial charge on any atom is -0.497 e. The van der Waals surface area contributed by atoms with Crippen LogP contribution in [0.3, 0.4) is 0 Å². The smallest absolute Gasteiger partial charge is 0.228 e. The third kappa shape index (κ3) is 4.28. The molecule has 0 aliphatic carbocycles. The number of benzene rings is 2. The number of carbonyl (C=O) groups is 1. The van der Waals surface area contributed by atoms with E-state index in [-0.39, 0.29) is 12.3 Å². The van der Waals surface area contributed by atoms with Crippen molar-refractivity contribution < 1.29 is 14.3 Å². The highest BCUT2D eigenvalue weighted by Gasteiger charge is 2.16. The largest absolute Gasteiger partial charge is 0.497 e. The van der Waals surface area contributed by atoms with Crippen molar-refractivity contribution >= 4 is 23.2 Å². The van der Waals surface area contributed by atoms with Crippen LogP contribution in [0.15, 0.2) is 42.5 Å². The summed E-state index contributed by atoms with van der Waals surface area (Å²) in [6.07, 6.45) is 0.213. The first-order chi connectivity index (χ1) is 13.4. The molecular formula is C21H22ClN3O3. The highest BCUT2D eigenvalue weighted by Crippen LogP contribution is 2.26. The van der Waals surface area contributed by atoms with Gasteiger partial charge in [0, 0.05) is 40.2 Å². The van der Waals surface area contributed by atoms with E-state index in [4.69, 9.17) is 21.1 Å². The van der Waals surface area contributed by atoms with Gasteiger partial charge in [-0.25, -0.2) is 4.68 Å². The molecule has 1 N–H and O–H groups in total. The van der Waals surface area contributed by atoms with Crippen LogP contribution in [0.5, 0.6) is 11.5 Å². The van der Waals surface area contributed by atoms with Crippen molar-refractivity contribution in [1.29, 1.82) is 0 Å². The molecule has 2 aromatic carbocycles. The topological polar surface area (TPSA) is 65.4 Å². The van der Waals surface area contributed by atoms with Crippen LogP contribution < -0.4 is 14.8 Å². The van der Waals surface area contributed by atoms with Crippen LogP contribution in [0.2, 0.25) is 5.02 Å². The molecule has 7 heteroatoms. The number of hydrogen-bond donors (Lipinski definition) is 1. The number of anilines is 1. The lowest BCUT2D eigenvalue weighted by Gasteiger charge is -2.10. The Balaban J connectivity index is 1.80. The van der Waals surface area contributed by atoms with Gasteiger partial charge in [-0.05, 0) is 38.1 Å². The van der Waals surface area contributed by atoms with Crippen LogP contribution in [0.25, 0.3) is 5.69 Å². The zero-order valence-corrected chi connectivity index (χ0v) is 17.0. The summed E-state index contributed by atoms with van der Waals surface area (Å²) in [5.74, 6) is 1.08. The predicted octanol–water partition coefficient (Wildman–Crippen LogP) is 4.34. The molecule has 28 heavy (non-hydrogen) atoms. The number of amides is 1. The van der Waals surface area contributed by atoms with E-state index in [1.165, 1.54) is 0 Å². The molecule has 3 aromatic rings. The first kappa shape index (κ1) is 19.8. The predicted molar refractivity (Wildman–Crippen MR) is 110 cm³/mol. The second-order valence-electron chi connectivity index (χ2n) is 6.36. The van der Waals surface area contributed by atoms with Crippen molar-refractivity contribution in [2.45, 2.75) is 20.3 Å². The minimum atomic E-state index is -0.142. The molecule has 1 aromatic heterocycles. The van der Waals surface area contributed by atoms with E-state index >= 15 is 0 Å². The maximum absolute atomic E-state index is 12.6. The zero-order chi connectivity index (χ0) is 20.3. The number of nitrogens with zero attached hydrogens (tertiary/aromatic N) is 2. The van der Waals surface area contributed by atoms with E-state index in [9.17, 15) is 4.79 Å². The van der Waals surface area contributed by atoms with Crippen molar-refractivity contribution in [3.63, 3.8) is 0 Å². The van der Waals surface area contributed by atoms with E-state index in [1.807, 2.05) is 42.8 Å². The summed E-state index contributed by atoms with van der Waals surface area (Å²) in [5, 5.41) is 8.14. The minimum absolute atomic E-state index is 0.142. The van der Waals surface area contributed by atoms with Gasteiger partial charge in [0.2, 0.25) is 5.91 Å². The van der Waals surface area contributed by atoms with E-state index in [0.29, 0.717) is 22.2 Å². The molecule has 0 radical (unpaired) electrons. The lowest BCUT2D eigenvalue weighted by molar-refractivity contribution is -0.115. The Kier molecular flexibility index (Phi) is 5.90. The number of halogens is 1. The summed E-state index contributed by atoms with van der Waals surface area (Å²) in [6, 6.07) is 12.7. The summed E-state index contributed by atoms with van der Waals surface area (Å²) in [5.41, 5.74) is 4.13. The zero-order valence-electron chi connectivity index (χ0n) is 16.2. The van der Waals surface area contributed by atoms with Gasteiger partial charge in [0.15, 0.2) is 0 Å². The van der Waals surface area contributed by atoms with Gasteiger partial charge >= 0.3 is 0 Å². The second-order valence-corrected chi connectivity index (χ2v) is 6.80. The normalized spacial score (nSPS) is 10.6. The van der Waals surface area contributed by atoms with Crippen LogP contribution in [-0.2, 0) is 11.2 Å².